The Morgan fingerprint density at radius 2 is 1.96 bits per heavy atom. The maximum absolute atomic E-state index is 12.1. The number of amides is 1. The molecule has 0 unspecified atom stereocenters. The quantitative estimate of drug-likeness (QED) is 0.829. The summed E-state index contributed by atoms with van der Waals surface area (Å²) in [7, 11) is 0. The van der Waals surface area contributed by atoms with E-state index in [1.165, 1.54) is 17.3 Å². The van der Waals surface area contributed by atoms with Gasteiger partial charge >= 0.3 is 0 Å². The van der Waals surface area contributed by atoms with Crippen molar-refractivity contribution in [2.24, 2.45) is 0 Å². The topological polar surface area (TPSA) is 47.6 Å². The Hall–Kier alpha value is -2.14. The molecule has 0 atom stereocenters. The zero-order valence-corrected chi connectivity index (χ0v) is 14.5. The molecule has 5 heteroatoms. The maximum Gasteiger partial charge on any atom is 0.234 e. The van der Waals surface area contributed by atoms with Gasteiger partial charge in [0.15, 0.2) is 11.5 Å². The maximum atomic E-state index is 12.1. The van der Waals surface area contributed by atoms with E-state index in [9.17, 15) is 4.79 Å². The van der Waals surface area contributed by atoms with Gasteiger partial charge in [0, 0.05) is 17.0 Å². The number of aryl methyl sites for hydroxylation is 1. The highest BCUT2D eigenvalue weighted by molar-refractivity contribution is 8.00. The minimum absolute atomic E-state index is 0.0136. The van der Waals surface area contributed by atoms with Crippen LogP contribution < -0.4 is 14.8 Å². The summed E-state index contributed by atoms with van der Waals surface area (Å²) in [6.07, 6.45) is 1.84. The average molecular weight is 343 g/mol. The molecule has 2 aromatic rings. The van der Waals surface area contributed by atoms with E-state index in [2.05, 4.69) is 18.3 Å². The second-order valence-electron chi connectivity index (χ2n) is 5.55. The largest absolute Gasteiger partial charge is 0.490 e. The third-order valence-electron chi connectivity index (χ3n) is 3.71. The second-order valence-corrected chi connectivity index (χ2v) is 6.60. The van der Waals surface area contributed by atoms with Gasteiger partial charge in [0.2, 0.25) is 5.91 Å². The Balaban J connectivity index is 1.57. The fourth-order valence-electron chi connectivity index (χ4n) is 2.45. The third-order valence-corrected chi connectivity index (χ3v) is 4.70. The highest BCUT2D eigenvalue weighted by atomic mass is 32.2. The number of ether oxygens (including phenoxy) is 2. The molecule has 2 aromatic carbocycles. The van der Waals surface area contributed by atoms with Gasteiger partial charge in [0.1, 0.15) is 0 Å². The van der Waals surface area contributed by atoms with Crippen molar-refractivity contribution in [3.05, 3.63) is 48.0 Å². The highest BCUT2D eigenvalue weighted by Gasteiger charge is 2.12. The number of rotatable bonds is 5. The fourth-order valence-corrected chi connectivity index (χ4v) is 3.17. The smallest absolute Gasteiger partial charge is 0.234 e. The third kappa shape index (κ3) is 4.45. The van der Waals surface area contributed by atoms with Crippen molar-refractivity contribution in [3.63, 3.8) is 0 Å². The van der Waals surface area contributed by atoms with Crippen molar-refractivity contribution in [1.82, 2.24) is 0 Å². The Morgan fingerprint density at radius 3 is 2.79 bits per heavy atom. The van der Waals surface area contributed by atoms with Crippen LogP contribution in [0.5, 0.6) is 11.5 Å². The minimum atomic E-state index is -0.0136. The first-order valence-corrected chi connectivity index (χ1v) is 9.14. The monoisotopic (exact) mass is 343 g/mol. The van der Waals surface area contributed by atoms with Crippen molar-refractivity contribution in [2.45, 2.75) is 24.7 Å². The number of nitrogens with one attached hydrogen (secondary N) is 1. The van der Waals surface area contributed by atoms with Crippen molar-refractivity contribution in [1.29, 1.82) is 0 Å². The minimum Gasteiger partial charge on any atom is -0.490 e. The van der Waals surface area contributed by atoms with E-state index in [0.717, 1.165) is 34.9 Å². The number of anilines is 1. The van der Waals surface area contributed by atoms with Crippen LogP contribution in [-0.4, -0.2) is 24.9 Å². The first-order chi connectivity index (χ1) is 11.7. The molecule has 1 heterocycles. The molecule has 0 aliphatic carbocycles. The van der Waals surface area contributed by atoms with Gasteiger partial charge in [-0.2, -0.15) is 0 Å². The molecule has 0 saturated heterocycles. The van der Waals surface area contributed by atoms with Crippen LogP contribution in [0.2, 0.25) is 0 Å². The molecule has 0 bridgehead atoms. The predicted molar refractivity (Wildman–Crippen MR) is 97.2 cm³/mol. The van der Waals surface area contributed by atoms with Crippen LogP contribution in [0.25, 0.3) is 0 Å². The molecular weight excluding hydrogens is 322 g/mol. The van der Waals surface area contributed by atoms with E-state index < -0.39 is 0 Å². The molecule has 3 rings (SSSR count). The van der Waals surface area contributed by atoms with Gasteiger partial charge in [-0.15, -0.1) is 11.8 Å². The number of hydrogen-bond donors (Lipinski definition) is 1. The molecule has 4 nitrogen and oxygen atoms in total. The molecule has 1 amide bonds. The Bertz CT molecular complexity index is 718. The van der Waals surface area contributed by atoms with E-state index >= 15 is 0 Å². The van der Waals surface area contributed by atoms with E-state index in [1.54, 1.807) is 0 Å². The lowest BCUT2D eigenvalue weighted by Crippen LogP contribution is -2.14. The molecule has 24 heavy (non-hydrogen) atoms. The van der Waals surface area contributed by atoms with Crippen LogP contribution in [0, 0.1) is 0 Å². The van der Waals surface area contributed by atoms with Crippen LogP contribution >= 0.6 is 11.8 Å². The SMILES string of the molecule is CCc1cccc(NC(=O)CSc2ccc3c(c2)OCCCO3)c1. The van der Waals surface area contributed by atoms with E-state index in [0.29, 0.717) is 19.0 Å². The van der Waals surface area contributed by atoms with Gasteiger partial charge in [0.25, 0.3) is 0 Å². The average Bonchev–Trinajstić information content (AvgIpc) is 2.85. The Labute approximate surface area is 146 Å². The lowest BCUT2D eigenvalue weighted by atomic mass is 10.1. The zero-order chi connectivity index (χ0) is 16.8. The summed E-state index contributed by atoms with van der Waals surface area (Å²) < 4.78 is 11.3. The second kappa shape index (κ2) is 8.11. The normalized spacial score (nSPS) is 13.2. The van der Waals surface area contributed by atoms with Crippen LogP contribution in [0.15, 0.2) is 47.4 Å². The molecule has 1 aliphatic rings. The molecule has 0 aromatic heterocycles. The van der Waals surface area contributed by atoms with Gasteiger partial charge in [-0.05, 0) is 42.3 Å². The molecule has 0 spiro atoms. The van der Waals surface area contributed by atoms with Crippen LogP contribution in [0.3, 0.4) is 0 Å². The zero-order valence-electron chi connectivity index (χ0n) is 13.7. The molecule has 1 aliphatic heterocycles. The van der Waals surface area contributed by atoms with Crippen molar-refractivity contribution >= 4 is 23.4 Å². The van der Waals surface area contributed by atoms with Gasteiger partial charge in [-0.3, -0.25) is 4.79 Å². The highest BCUT2D eigenvalue weighted by Crippen LogP contribution is 2.33. The van der Waals surface area contributed by atoms with Crippen molar-refractivity contribution in [2.75, 3.05) is 24.3 Å². The lowest BCUT2D eigenvalue weighted by Gasteiger charge is -2.09. The number of hydrogen-bond acceptors (Lipinski definition) is 4. The lowest BCUT2D eigenvalue weighted by molar-refractivity contribution is -0.113. The Morgan fingerprint density at radius 1 is 1.12 bits per heavy atom. The number of carbonyl (C=O) groups excluding carboxylic acids is 1. The molecule has 126 valence electrons. The summed E-state index contributed by atoms with van der Waals surface area (Å²) in [6, 6.07) is 13.8. The summed E-state index contributed by atoms with van der Waals surface area (Å²) >= 11 is 1.49. The van der Waals surface area contributed by atoms with E-state index in [-0.39, 0.29) is 5.91 Å². The summed E-state index contributed by atoms with van der Waals surface area (Å²) in [5.41, 5.74) is 2.06. The van der Waals surface area contributed by atoms with Gasteiger partial charge in [-0.25, -0.2) is 0 Å². The van der Waals surface area contributed by atoms with Gasteiger partial charge in [-0.1, -0.05) is 19.1 Å². The standard InChI is InChI=1S/C19H21NO3S/c1-2-14-5-3-6-15(11-14)20-19(21)13-24-16-7-8-17-18(12-16)23-10-4-9-22-17/h3,5-8,11-12H,2,4,9-10,13H2,1H3,(H,20,21). The van der Waals surface area contributed by atoms with Crippen molar-refractivity contribution < 1.29 is 14.3 Å². The number of thioether (sulfide) groups is 1. The molecule has 1 N–H and O–H groups in total. The predicted octanol–water partition coefficient (Wildman–Crippen LogP) is 4.14. The first-order valence-electron chi connectivity index (χ1n) is 8.16. The number of benzene rings is 2. The Kier molecular flexibility index (Phi) is 5.64. The summed E-state index contributed by atoms with van der Waals surface area (Å²) in [5.74, 6) is 1.88. The van der Waals surface area contributed by atoms with Gasteiger partial charge < -0.3 is 14.8 Å². The van der Waals surface area contributed by atoms with Crippen LogP contribution in [0.4, 0.5) is 5.69 Å². The number of carbonyl (C=O) groups is 1. The molecule has 0 radical (unpaired) electrons. The summed E-state index contributed by atoms with van der Waals surface area (Å²) in [6.45, 7) is 3.44. The molecular formula is C19H21NO3S. The number of fused-ring (bicyclic) bond motifs is 1. The molecule has 0 saturated carbocycles. The first kappa shape index (κ1) is 16.7. The van der Waals surface area contributed by atoms with Crippen LogP contribution in [-0.2, 0) is 11.2 Å². The van der Waals surface area contributed by atoms with E-state index in [4.69, 9.17) is 9.47 Å². The van der Waals surface area contributed by atoms with Crippen LogP contribution in [0.1, 0.15) is 18.9 Å². The summed E-state index contributed by atoms with van der Waals surface area (Å²) in [4.78, 5) is 13.1. The van der Waals surface area contributed by atoms with Crippen molar-refractivity contribution in [3.8, 4) is 11.5 Å². The molecule has 0 fully saturated rings. The van der Waals surface area contributed by atoms with E-state index in [1.807, 2.05) is 36.4 Å². The van der Waals surface area contributed by atoms with Gasteiger partial charge in [0.05, 0.1) is 19.0 Å². The summed E-state index contributed by atoms with van der Waals surface area (Å²) in [5, 5.41) is 2.94. The fraction of sp³-hybridized carbons (Fsp3) is 0.316.